The number of carbonyl (C=O) groups is 1. The van der Waals surface area contributed by atoms with Gasteiger partial charge < -0.3 is 15.0 Å². The lowest BCUT2D eigenvalue weighted by molar-refractivity contribution is 0.0286. The van der Waals surface area contributed by atoms with Gasteiger partial charge in [-0.3, -0.25) is 4.90 Å². The molecule has 0 unspecified atom stereocenters. The van der Waals surface area contributed by atoms with Crippen LogP contribution in [-0.2, 0) is 4.74 Å². The molecule has 5 heteroatoms. The van der Waals surface area contributed by atoms with E-state index in [4.69, 9.17) is 4.74 Å². The molecule has 3 fully saturated rings. The van der Waals surface area contributed by atoms with E-state index in [9.17, 15) is 4.79 Å². The Morgan fingerprint density at radius 2 is 1.84 bits per heavy atom. The highest BCUT2D eigenvalue weighted by Gasteiger charge is 2.43. The molecule has 3 rings (SSSR count). The number of ether oxygens (including phenoxy) is 1. The zero-order chi connectivity index (χ0) is 13.2. The Morgan fingerprint density at radius 3 is 2.58 bits per heavy atom. The van der Waals surface area contributed by atoms with Gasteiger partial charge in [0.15, 0.2) is 0 Å². The smallest absolute Gasteiger partial charge is 0.409 e. The van der Waals surface area contributed by atoms with Crippen molar-refractivity contribution in [3.63, 3.8) is 0 Å². The highest BCUT2D eigenvalue weighted by molar-refractivity contribution is 5.68. The van der Waals surface area contributed by atoms with Gasteiger partial charge in [-0.15, -0.1) is 0 Å². The zero-order valence-corrected chi connectivity index (χ0v) is 11.8. The third-order valence-corrected chi connectivity index (χ3v) is 4.98. The third kappa shape index (κ3) is 2.46. The van der Waals surface area contributed by atoms with Crippen molar-refractivity contribution in [3.8, 4) is 0 Å². The summed E-state index contributed by atoms with van der Waals surface area (Å²) in [6.07, 6.45) is 6.10. The summed E-state index contributed by atoms with van der Waals surface area (Å²) in [7, 11) is 1.49. The van der Waals surface area contributed by atoms with Crippen LogP contribution in [0.4, 0.5) is 4.79 Å². The van der Waals surface area contributed by atoms with Crippen LogP contribution in [0.1, 0.15) is 32.1 Å². The summed E-state index contributed by atoms with van der Waals surface area (Å²) in [4.78, 5) is 16.5. The average Bonchev–Trinajstić information content (AvgIpc) is 2.99. The third-order valence-electron chi connectivity index (χ3n) is 4.98. The van der Waals surface area contributed by atoms with Crippen molar-refractivity contribution in [2.45, 2.75) is 50.2 Å². The number of methoxy groups -OCH3 is 1. The van der Waals surface area contributed by atoms with E-state index < -0.39 is 0 Å². The molecule has 0 spiro atoms. The molecule has 1 aliphatic carbocycles. The molecular formula is C14H25N3O2. The summed E-state index contributed by atoms with van der Waals surface area (Å²) in [5.74, 6) is 0. The highest BCUT2D eigenvalue weighted by Crippen LogP contribution is 2.31. The summed E-state index contributed by atoms with van der Waals surface area (Å²) in [6.45, 7) is 4.13. The van der Waals surface area contributed by atoms with E-state index in [1.165, 1.54) is 45.9 Å². The van der Waals surface area contributed by atoms with Gasteiger partial charge in [-0.1, -0.05) is 0 Å². The maximum Gasteiger partial charge on any atom is 0.409 e. The number of carbonyl (C=O) groups excluding carboxylic acids is 1. The lowest BCUT2D eigenvalue weighted by Crippen LogP contribution is -2.67. The summed E-state index contributed by atoms with van der Waals surface area (Å²) >= 11 is 0. The maximum absolute atomic E-state index is 11.9. The van der Waals surface area contributed by atoms with Crippen LogP contribution in [0, 0.1) is 0 Å². The van der Waals surface area contributed by atoms with Crippen LogP contribution in [0.25, 0.3) is 0 Å². The van der Waals surface area contributed by atoms with Gasteiger partial charge in [-0.05, 0) is 45.2 Å². The second-order valence-corrected chi connectivity index (χ2v) is 5.95. The summed E-state index contributed by atoms with van der Waals surface area (Å²) in [5.41, 5.74) is 0. The standard InChI is InChI=1S/C14H25N3O2/c1-19-14(18)17-10-7-15-13-11(5-4-6-12(13)17)16-8-2-3-9-16/h11-13,15H,2-10H2,1H3/t11-,12+,13-/m1/s1. The Morgan fingerprint density at radius 1 is 1.11 bits per heavy atom. The molecule has 3 aliphatic rings. The molecule has 2 heterocycles. The minimum Gasteiger partial charge on any atom is -0.453 e. The van der Waals surface area contributed by atoms with Crippen molar-refractivity contribution in [2.75, 3.05) is 33.3 Å². The molecule has 0 aromatic rings. The second-order valence-electron chi connectivity index (χ2n) is 5.95. The normalized spacial score (nSPS) is 36.1. The fourth-order valence-corrected chi connectivity index (χ4v) is 4.12. The van der Waals surface area contributed by atoms with Crippen LogP contribution in [0.2, 0.25) is 0 Å². The van der Waals surface area contributed by atoms with E-state index in [-0.39, 0.29) is 6.09 Å². The molecule has 5 nitrogen and oxygen atoms in total. The molecule has 2 saturated heterocycles. The molecule has 1 saturated carbocycles. The first-order chi connectivity index (χ1) is 9.31. The van der Waals surface area contributed by atoms with E-state index >= 15 is 0 Å². The minimum absolute atomic E-state index is 0.154. The van der Waals surface area contributed by atoms with Crippen LogP contribution >= 0.6 is 0 Å². The number of likely N-dealkylation sites (tertiary alicyclic amines) is 1. The number of rotatable bonds is 1. The predicted molar refractivity (Wildman–Crippen MR) is 73.1 cm³/mol. The second kappa shape index (κ2) is 5.67. The summed E-state index contributed by atoms with van der Waals surface area (Å²) in [6, 6.07) is 1.36. The molecule has 108 valence electrons. The van der Waals surface area contributed by atoms with E-state index in [2.05, 4.69) is 10.2 Å². The monoisotopic (exact) mass is 267 g/mol. The van der Waals surface area contributed by atoms with E-state index in [1.54, 1.807) is 0 Å². The van der Waals surface area contributed by atoms with Crippen LogP contribution in [0.3, 0.4) is 0 Å². The number of fused-ring (bicyclic) bond motifs is 1. The Labute approximate surface area is 115 Å². The number of nitrogens with zero attached hydrogens (tertiary/aromatic N) is 2. The van der Waals surface area contributed by atoms with Crippen molar-refractivity contribution < 1.29 is 9.53 Å². The van der Waals surface area contributed by atoms with E-state index in [0.717, 1.165) is 19.5 Å². The summed E-state index contributed by atoms with van der Waals surface area (Å²) < 4.78 is 4.95. The molecule has 2 aliphatic heterocycles. The SMILES string of the molecule is COC(=O)N1CCN[C@@H]2[C@H](N3CCCC3)CCC[C@@H]21. The lowest BCUT2D eigenvalue weighted by Gasteiger charge is -2.49. The fourth-order valence-electron chi connectivity index (χ4n) is 4.12. The van der Waals surface area contributed by atoms with Crippen molar-refractivity contribution in [1.29, 1.82) is 0 Å². The highest BCUT2D eigenvalue weighted by atomic mass is 16.5. The largest absolute Gasteiger partial charge is 0.453 e. The molecule has 0 aromatic heterocycles. The Kier molecular flexibility index (Phi) is 3.93. The molecule has 0 aromatic carbocycles. The first-order valence-corrected chi connectivity index (χ1v) is 7.63. The van der Waals surface area contributed by atoms with Crippen molar-refractivity contribution in [1.82, 2.24) is 15.1 Å². The van der Waals surface area contributed by atoms with Crippen molar-refractivity contribution in [2.24, 2.45) is 0 Å². The van der Waals surface area contributed by atoms with Crippen LogP contribution < -0.4 is 5.32 Å². The summed E-state index contributed by atoms with van der Waals surface area (Å²) in [5, 5.41) is 3.67. The number of hydrogen-bond donors (Lipinski definition) is 1. The predicted octanol–water partition coefficient (Wildman–Crippen LogP) is 1.04. The van der Waals surface area contributed by atoms with Gasteiger partial charge in [-0.2, -0.15) is 0 Å². The van der Waals surface area contributed by atoms with Gasteiger partial charge in [0.05, 0.1) is 13.2 Å². The number of amides is 1. The Balaban J connectivity index is 1.74. The lowest BCUT2D eigenvalue weighted by atomic mass is 9.83. The molecule has 19 heavy (non-hydrogen) atoms. The van der Waals surface area contributed by atoms with Crippen LogP contribution in [0.15, 0.2) is 0 Å². The van der Waals surface area contributed by atoms with Gasteiger partial charge in [0.25, 0.3) is 0 Å². The molecule has 3 atom stereocenters. The quantitative estimate of drug-likeness (QED) is 0.771. The van der Waals surface area contributed by atoms with Gasteiger partial charge in [0, 0.05) is 25.2 Å². The number of piperazine rings is 1. The van der Waals surface area contributed by atoms with E-state index in [0.29, 0.717) is 18.1 Å². The zero-order valence-electron chi connectivity index (χ0n) is 11.8. The molecule has 1 N–H and O–H groups in total. The first-order valence-electron chi connectivity index (χ1n) is 7.63. The van der Waals surface area contributed by atoms with Gasteiger partial charge in [0.2, 0.25) is 0 Å². The Bertz CT molecular complexity index is 331. The van der Waals surface area contributed by atoms with Crippen LogP contribution in [-0.4, -0.2) is 67.3 Å². The number of nitrogens with one attached hydrogen (secondary N) is 1. The minimum atomic E-state index is -0.154. The van der Waals surface area contributed by atoms with Crippen molar-refractivity contribution >= 4 is 6.09 Å². The molecular weight excluding hydrogens is 242 g/mol. The molecule has 0 bridgehead atoms. The molecule has 1 amide bonds. The average molecular weight is 267 g/mol. The first kappa shape index (κ1) is 13.2. The van der Waals surface area contributed by atoms with Gasteiger partial charge in [-0.25, -0.2) is 4.79 Å². The fraction of sp³-hybridized carbons (Fsp3) is 0.929. The van der Waals surface area contributed by atoms with Crippen LogP contribution in [0.5, 0.6) is 0 Å². The van der Waals surface area contributed by atoms with Gasteiger partial charge >= 0.3 is 6.09 Å². The Hall–Kier alpha value is -0.810. The number of hydrogen-bond acceptors (Lipinski definition) is 4. The van der Waals surface area contributed by atoms with E-state index in [1.807, 2.05) is 4.90 Å². The maximum atomic E-state index is 11.9. The van der Waals surface area contributed by atoms with Crippen molar-refractivity contribution in [3.05, 3.63) is 0 Å². The molecule has 0 radical (unpaired) electrons. The van der Waals surface area contributed by atoms with Gasteiger partial charge in [0.1, 0.15) is 0 Å². The topological polar surface area (TPSA) is 44.8 Å².